The summed E-state index contributed by atoms with van der Waals surface area (Å²) in [5.41, 5.74) is 3.29. The van der Waals surface area contributed by atoms with E-state index in [-0.39, 0.29) is 30.4 Å². The molecular weight excluding hydrogens is 316 g/mol. The van der Waals surface area contributed by atoms with Gasteiger partial charge in [0.15, 0.2) is 5.78 Å². The van der Waals surface area contributed by atoms with E-state index in [0.29, 0.717) is 12.1 Å². The number of amides is 2. The van der Waals surface area contributed by atoms with E-state index in [0.717, 1.165) is 19.3 Å². The molecule has 1 aliphatic rings. The van der Waals surface area contributed by atoms with Crippen molar-refractivity contribution in [2.45, 2.75) is 64.8 Å². The maximum Gasteiger partial charge on any atom is 0.242 e. The van der Waals surface area contributed by atoms with E-state index >= 15 is 0 Å². The Morgan fingerprint density at radius 2 is 1.80 bits per heavy atom. The number of ketones is 1. The molecule has 136 valence electrons. The van der Waals surface area contributed by atoms with E-state index in [1.54, 1.807) is 6.92 Å². The van der Waals surface area contributed by atoms with E-state index < -0.39 is 6.04 Å². The quantitative estimate of drug-likeness (QED) is 0.712. The second-order valence-electron chi connectivity index (χ2n) is 6.69. The summed E-state index contributed by atoms with van der Waals surface area (Å²) in [6, 6.07) is 5.31. The van der Waals surface area contributed by atoms with E-state index in [1.807, 2.05) is 25.1 Å². The number of aryl methyl sites for hydroxylation is 2. The highest BCUT2D eigenvalue weighted by Gasteiger charge is 2.17. The highest BCUT2D eigenvalue weighted by molar-refractivity contribution is 5.98. The first-order valence-corrected chi connectivity index (χ1v) is 9.23. The minimum absolute atomic E-state index is 0.0217. The van der Waals surface area contributed by atoms with E-state index in [4.69, 9.17) is 0 Å². The maximum absolute atomic E-state index is 12.3. The average Bonchev–Trinajstić information content (AvgIpc) is 2.63. The molecule has 2 N–H and O–H groups in total. The number of carbonyl (C=O) groups is 3. The van der Waals surface area contributed by atoms with Gasteiger partial charge in [-0.1, -0.05) is 19.1 Å². The molecule has 5 nitrogen and oxygen atoms in total. The Morgan fingerprint density at radius 3 is 2.52 bits per heavy atom. The number of hydrogen-bond donors (Lipinski definition) is 2. The molecule has 0 fully saturated rings. The van der Waals surface area contributed by atoms with Crippen molar-refractivity contribution >= 4 is 17.6 Å². The number of carbonyl (C=O) groups excluding carboxylic acids is 3. The number of fused-ring (bicyclic) bond motifs is 1. The molecule has 1 atom stereocenters. The highest BCUT2D eigenvalue weighted by atomic mass is 16.2. The Morgan fingerprint density at radius 1 is 1.08 bits per heavy atom. The van der Waals surface area contributed by atoms with Crippen LogP contribution in [0.1, 0.15) is 67.4 Å². The van der Waals surface area contributed by atoms with Crippen molar-refractivity contribution in [3.8, 4) is 0 Å². The summed E-state index contributed by atoms with van der Waals surface area (Å²) >= 11 is 0. The second kappa shape index (κ2) is 9.35. The zero-order chi connectivity index (χ0) is 18.2. The molecule has 0 saturated heterocycles. The first-order valence-electron chi connectivity index (χ1n) is 9.23. The van der Waals surface area contributed by atoms with Gasteiger partial charge in [-0.05, 0) is 56.2 Å². The number of Topliss-reactive ketones (excluding diaryl/α,β-unsaturated/α-hetero) is 1. The minimum atomic E-state index is -0.585. The maximum atomic E-state index is 12.3. The monoisotopic (exact) mass is 344 g/mol. The van der Waals surface area contributed by atoms with Crippen LogP contribution in [0, 0.1) is 0 Å². The van der Waals surface area contributed by atoms with Crippen molar-refractivity contribution in [1.29, 1.82) is 0 Å². The Hall–Kier alpha value is -2.17. The molecule has 0 aliphatic heterocycles. The number of rotatable bonds is 8. The van der Waals surface area contributed by atoms with Gasteiger partial charge in [-0.25, -0.2) is 0 Å². The van der Waals surface area contributed by atoms with Crippen LogP contribution in [-0.4, -0.2) is 30.2 Å². The average molecular weight is 344 g/mol. The molecule has 0 saturated carbocycles. The molecule has 0 spiro atoms. The fourth-order valence-electron chi connectivity index (χ4n) is 3.06. The van der Waals surface area contributed by atoms with Gasteiger partial charge in [0.1, 0.15) is 6.04 Å². The van der Waals surface area contributed by atoms with E-state index in [9.17, 15) is 14.4 Å². The van der Waals surface area contributed by atoms with Gasteiger partial charge in [-0.3, -0.25) is 14.4 Å². The standard InChI is InChI=1S/C20H28N2O3/c1-3-12-21-20(25)14(2)22-19(24)11-10-18(23)17-9-8-15-6-4-5-7-16(15)13-17/h8-9,13-14H,3-7,10-12H2,1-2H3,(H,21,25)(H,22,24). The van der Waals surface area contributed by atoms with Crippen molar-refractivity contribution in [2.75, 3.05) is 6.54 Å². The van der Waals surface area contributed by atoms with Gasteiger partial charge in [0, 0.05) is 24.9 Å². The summed E-state index contributed by atoms with van der Waals surface area (Å²) in [5, 5.41) is 5.38. The van der Waals surface area contributed by atoms with Gasteiger partial charge >= 0.3 is 0 Å². The van der Waals surface area contributed by atoms with E-state index in [2.05, 4.69) is 10.6 Å². The van der Waals surface area contributed by atoms with Crippen LogP contribution in [0.2, 0.25) is 0 Å². The lowest BCUT2D eigenvalue weighted by atomic mass is 9.89. The van der Waals surface area contributed by atoms with Crippen molar-refractivity contribution in [3.63, 3.8) is 0 Å². The van der Waals surface area contributed by atoms with Gasteiger partial charge in [0.25, 0.3) is 0 Å². The van der Waals surface area contributed by atoms with Crippen molar-refractivity contribution < 1.29 is 14.4 Å². The summed E-state index contributed by atoms with van der Waals surface area (Å²) in [6.45, 7) is 4.21. The fourth-order valence-corrected chi connectivity index (χ4v) is 3.06. The summed E-state index contributed by atoms with van der Waals surface area (Å²) in [6.07, 6.45) is 5.61. The molecule has 0 aromatic heterocycles. The van der Waals surface area contributed by atoms with Gasteiger partial charge in [-0.15, -0.1) is 0 Å². The van der Waals surface area contributed by atoms with Crippen LogP contribution >= 0.6 is 0 Å². The SMILES string of the molecule is CCCNC(=O)C(C)NC(=O)CCC(=O)c1ccc2c(c1)CCCC2. The molecule has 0 radical (unpaired) electrons. The largest absolute Gasteiger partial charge is 0.354 e. The van der Waals surface area contributed by atoms with Gasteiger partial charge in [0.2, 0.25) is 11.8 Å². The normalized spacial score (nSPS) is 14.3. The third-order valence-electron chi connectivity index (χ3n) is 4.57. The topological polar surface area (TPSA) is 75.3 Å². The molecule has 1 aromatic carbocycles. The van der Waals surface area contributed by atoms with Crippen LogP contribution in [0.4, 0.5) is 0 Å². The van der Waals surface area contributed by atoms with Crippen LogP contribution in [0.5, 0.6) is 0 Å². The Kier molecular flexibility index (Phi) is 7.16. The molecule has 1 unspecified atom stereocenters. The molecular formula is C20H28N2O3. The van der Waals surface area contributed by atoms with Crippen LogP contribution in [0.25, 0.3) is 0 Å². The Labute approximate surface area is 149 Å². The first-order chi connectivity index (χ1) is 12.0. The lowest BCUT2D eigenvalue weighted by Crippen LogP contribution is -2.45. The summed E-state index contributed by atoms with van der Waals surface area (Å²) in [5.74, 6) is -0.492. The van der Waals surface area contributed by atoms with Crippen molar-refractivity contribution in [3.05, 3.63) is 34.9 Å². The predicted molar refractivity (Wildman–Crippen MR) is 97.6 cm³/mol. The fraction of sp³-hybridized carbons (Fsp3) is 0.550. The molecule has 5 heteroatoms. The lowest BCUT2D eigenvalue weighted by molar-refractivity contribution is -0.128. The molecule has 2 amide bonds. The predicted octanol–water partition coefficient (Wildman–Crippen LogP) is 2.56. The zero-order valence-electron chi connectivity index (χ0n) is 15.2. The Balaban J connectivity index is 1.81. The van der Waals surface area contributed by atoms with E-state index in [1.165, 1.54) is 24.0 Å². The van der Waals surface area contributed by atoms with Gasteiger partial charge < -0.3 is 10.6 Å². The molecule has 1 aromatic rings. The van der Waals surface area contributed by atoms with Crippen LogP contribution in [0.3, 0.4) is 0 Å². The second-order valence-corrected chi connectivity index (χ2v) is 6.69. The lowest BCUT2D eigenvalue weighted by Gasteiger charge is -2.16. The summed E-state index contributed by atoms with van der Waals surface area (Å²) < 4.78 is 0. The van der Waals surface area contributed by atoms with Crippen molar-refractivity contribution in [1.82, 2.24) is 10.6 Å². The molecule has 1 aliphatic carbocycles. The van der Waals surface area contributed by atoms with Crippen LogP contribution in [-0.2, 0) is 22.4 Å². The van der Waals surface area contributed by atoms with Gasteiger partial charge in [-0.2, -0.15) is 0 Å². The zero-order valence-corrected chi connectivity index (χ0v) is 15.2. The van der Waals surface area contributed by atoms with Crippen LogP contribution in [0.15, 0.2) is 18.2 Å². The smallest absolute Gasteiger partial charge is 0.242 e. The molecule has 0 bridgehead atoms. The number of nitrogens with one attached hydrogen (secondary N) is 2. The van der Waals surface area contributed by atoms with Crippen LogP contribution < -0.4 is 10.6 Å². The minimum Gasteiger partial charge on any atom is -0.354 e. The Bertz CT molecular complexity index is 640. The van der Waals surface area contributed by atoms with Crippen molar-refractivity contribution in [2.24, 2.45) is 0 Å². The third-order valence-corrected chi connectivity index (χ3v) is 4.57. The summed E-state index contributed by atoms with van der Waals surface area (Å²) in [7, 11) is 0. The molecule has 25 heavy (non-hydrogen) atoms. The highest BCUT2D eigenvalue weighted by Crippen LogP contribution is 2.22. The third kappa shape index (κ3) is 5.69. The number of hydrogen-bond acceptors (Lipinski definition) is 3. The first kappa shape index (κ1) is 19.2. The molecule has 0 heterocycles. The molecule has 2 rings (SSSR count). The number of benzene rings is 1. The van der Waals surface area contributed by atoms with Gasteiger partial charge in [0.05, 0.1) is 0 Å². The summed E-state index contributed by atoms with van der Waals surface area (Å²) in [4.78, 5) is 36.0.